The van der Waals surface area contributed by atoms with Crippen molar-refractivity contribution in [3.05, 3.63) is 11.7 Å². The molecule has 2 unspecified atom stereocenters. The summed E-state index contributed by atoms with van der Waals surface area (Å²) in [7, 11) is 0. The highest BCUT2D eigenvalue weighted by Gasteiger charge is 2.38. The van der Waals surface area contributed by atoms with Gasteiger partial charge in [0.25, 0.3) is 0 Å². The van der Waals surface area contributed by atoms with Crippen LogP contribution < -0.4 is 0 Å². The Balaban J connectivity index is 2.05. The van der Waals surface area contributed by atoms with E-state index in [1.54, 1.807) is 0 Å². The van der Waals surface area contributed by atoms with E-state index in [1.807, 2.05) is 0 Å². The Kier molecular flexibility index (Phi) is 1.79. The monoisotopic (exact) mass is 182 g/mol. The van der Waals surface area contributed by atoms with Gasteiger partial charge in [-0.05, 0) is 12.3 Å². The SMILES string of the molecule is CC1CC1c1noc(CC(=O)O)n1. The molecular formula is C8H10N2O3. The molecule has 0 spiro atoms. The average Bonchev–Trinajstić information content (AvgIpc) is 2.60. The fourth-order valence-corrected chi connectivity index (χ4v) is 1.30. The number of carboxylic acid groups (broad SMARTS) is 1. The van der Waals surface area contributed by atoms with E-state index in [0.29, 0.717) is 17.7 Å². The molecule has 1 aromatic rings. The first-order valence-corrected chi connectivity index (χ1v) is 4.21. The van der Waals surface area contributed by atoms with Crippen LogP contribution in [-0.2, 0) is 11.2 Å². The van der Waals surface area contributed by atoms with Crippen LogP contribution >= 0.6 is 0 Å². The second-order valence-electron chi connectivity index (χ2n) is 3.44. The van der Waals surface area contributed by atoms with Crippen LogP contribution in [0.4, 0.5) is 0 Å². The number of nitrogens with zero attached hydrogens (tertiary/aromatic N) is 2. The predicted octanol–water partition coefficient (Wildman–Crippen LogP) is 0.820. The van der Waals surface area contributed by atoms with Gasteiger partial charge in [0.2, 0.25) is 5.89 Å². The lowest BCUT2D eigenvalue weighted by atomic mass is 10.3. The second kappa shape index (κ2) is 2.83. The Morgan fingerprint density at radius 2 is 2.46 bits per heavy atom. The maximum atomic E-state index is 10.3. The average molecular weight is 182 g/mol. The molecule has 0 amide bonds. The van der Waals surface area contributed by atoms with E-state index in [-0.39, 0.29) is 12.3 Å². The molecule has 0 aromatic carbocycles. The van der Waals surface area contributed by atoms with Gasteiger partial charge in [-0.3, -0.25) is 4.79 Å². The summed E-state index contributed by atoms with van der Waals surface area (Å²) in [6.07, 6.45) is 0.889. The summed E-state index contributed by atoms with van der Waals surface area (Å²) >= 11 is 0. The zero-order chi connectivity index (χ0) is 9.42. The van der Waals surface area contributed by atoms with Crippen LogP contribution in [0.5, 0.6) is 0 Å². The summed E-state index contributed by atoms with van der Waals surface area (Å²) in [6.45, 7) is 2.11. The Hall–Kier alpha value is -1.39. The van der Waals surface area contributed by atoms with Gasteiger partial charge in [-0.2, -0.15) is 4.98 Å². The maximum absolute atomic E-state index is 10.3. The fourth-order valence-electron chi connectivity index (χ4n) is 1.30. The van der Waals surface area contributed by atoms with E-state index >= 15 is 0 Å². The van der Waals surface area contributed by atoms with Gasteiger partial charge >= 0.3 is 5.97 Å². The first kappa shape index (κ1) is 8.22. The number of hydrogen-bond donors (Lipinski definition) is 1. The van der Waals surface area contributed by atoms with Gasteiger partial charge in [0.05, 0.1) is 0 Å². The molecule has 1 N–H and O–H groups in total. The number of aromatic nitrogens is 2. The van der Waals surface area contributed by atoms with Gasteiger partial charge < -0.3 is 9.63 Å². The second-order valence-corrected chi connectivity index (χ2v) is 3.44. The van der Waals surface area contributed by atoms with Crippen molar-refractivity contribution in [2.24, 2.45) is 5.92 Å². The molecule has 1 aromatic heterocycles. The number of aliphatic carboxylic acids is 1. The molecule has 1 aliphatic carbocycles. The highest BCUT2D eigenvalue weighted by molar-refractivity contribution is 5.68. The summed E-state index contributed by atoms with van der Waals surface area (Å²) in [5.74, 6) is 0.894. The molecule has 0 radical (unpaired) electrons. The molecule has 5 nitrogen and oxygen atoms in total. The number of rotatable bonds is 3. The van der Waals surface area contributed by atoms with Gasteiger partial charge in [0, 0.05) is 5.92 Å². The van der Waals surface area contributed by atoms with Crippen molar-refractivity contribution in [2.75, 3.05) is 0 Å². The first-order chi connectivity index (χ1) is 6.16. The van der Waals surface area contributed by atoms with Gasteiger partial charge in [-0.25, -0.2) is 0 Å². The summed E-state index contributed by atoms with van der Waals surface area (Å²) < 4.78 is 4.78. The molecule has 1 saturated carbocycles. The van der Waals surface area contributed by atoms with Crippen LogP contribution in [0.3, 0.4) is 0 Å². The van der Waals surface area contributed by atoms with Crippen LogP contribution in [-0.4, -0.2) is 21.2 Å². The third-order valence-corrected chi connectivity index (χ3v) is 2.23. The normalized spacial score (nSPS) is 25.9. The summed E-state index contributed by atoms with van der Waals surface area (Å²) in [6, 6.07) is 0. The molecule has 2 rings (SSSR count). The van der Waals surface area contributed by atoms with E-state index in [1.165, 1.54) is 0 Å². The van der Waals surface area contributed by atoms with Crippen molar-refractivity contribution < 1.29 is 14.4 Å². The number of carboxylic acids is 1. The van der Waals surface area contributed by atoms with Crippen LogP contribution in [0.1, 0.15) is 31.0 Å². The lowest BCUT2D eigenvalue weighted by molar-refractivity contribution is -0.136. The first-order valence-electron chi connectivity index (χ1n) is 4.21. The lowest BCUT2D eigenvalue weighted by Crippen LogP contribution is -2.00. The van der Waals surface area contributed by atoms with Crippen molar-refractivity contribution in [1.29, 1.82) is 0 Å². The van der Waals surface area contributed by atoms with Crippen molar-refractivity contribution in [3.8, 4) is 0 Å². The molecule has 1 aliphatic rings. The fraction of sp³-hybridized carbons (Fsp3) is 0.625. The van der Waals surface area contributed by atoms with E-state index < -0.39 is 5.97 Å². The number of hydrogen-bond acceptors (Lipinski definition) is 4. The van der Waals surface area contributed by atoms with Crippen molar-refractivity contribution in [3.63, 3.8) is 0 Å². The minimum absolute atomic E-state index is 0.186. The quantitative estimate of drug-likeness (QED) is 0.748. The van der Waals surface area contributed by atoms with Gasteiger partial charge in [0.15, 0.2) is 5.82 Å². The summed E-state index contributed by atoms with van der Waals surface area (Å²) in [5, 5.41) is 12.2. The molecule has 0 bridgehead atoms. The topological polar surface area (TPSA) is 76.2 Å². The molecule has 70 valence electrons. The highest BCUT2D eigenvalue weighted by Crippen LogP contribution is 2.45. The third kappa shape index (κ3) is 1.68. The Morgan fingerprint density at radius 3 is 3.00 bits per heavy atom. The van der Waals surface area contributed by atoms with E-state index in [9.17, 15) is 4.79 Å². The van der Waals surface area contributed by atoms with Crippen LogP contribution in [0.15, 0.2) is 4.52 Å². The Bertz CT molecular complexity index is 334. The van der Waals surface area contributed by atoms with Gasteiger partial charge in [-0.1, -0.05) is 12.1 Å². The minimum atomic E-state index is -0.945. The van der Waals surface area contributed by atoms with Crippen molar-refractivity contribution in [2.45, 2.75) is 25.7 Å². The molecule has 0 saturated heterocycles. The smallest absolute Gasteiger partial charge is 0.312 e. The zero-order valence-electron chi connectivity index (χ0n) is 7.23. The highest BCUT2D eigenvalue weighted by atomic mass is 16.5. The summed E-state index contributed by atoms with van der Waals surface area (Å²) in [4.78, 5) is 14.3. The third-order valence-electron chi connectivity index (χ3n) is 2.23. The molecular weight excluding hydrogens is 172 g/mol. The molecule has 5 heteroatoms. The van der Waals surface area contributed by atoms with Crippen LogP contribution in [0.25, 0.3) is 0 Å². The van der Waals surface area contributed by atoms with Crippen molar-refractivity contribution in [1.82, 2.24) is 10.1 Å². The molecule has 1 fully saturated rings. The standard InChI is InChI=1S/C8H10N2O3/c1-4-2-5(4)8-9-6(13-10-8)3-7(11)12/h4-5H,2-3H2,1H3,(H,11,12). The van der Waals surface area contributed by atoms with Crippen molar-refractivity contribution >= 4 is 5.97 Å². The van der Waals surface area contributed by atoms with E-state index in [2.05, 4.69) is 17.1 Å². The maximum Gasteiger partial charge on any atom is 0.312 e. The van der Waals surface area contributed by atoms with E-state index in [4.69, 9.17) is 9.63 Å². The lowest BCUT2D eigenvalue weighted by Gasteiger charge is -1.84. The van der Waals surface area contributed by atoms with Gasteiger partial charge in [0.1, 0.15) is 6.42 Å². The van der Waals surface area contributed by atoms with Gasteiger partial charge in [-0.15, -0.1) is 0 Å². The predicted molar refractivity (Wildman–Crippen MR) is 42.2 cm³/mol. The minimum Gasteiger partial charge on any atom is -0.481 e. The zero-order valence-corrected chi connectivity index (χ0v) is 7.23. The van der Waals surface area contributed by atoms with Crippen LogP contribution in [0, 0.1) is 5.92 Å². The molecule has 2 atom stereocenters. The largest absolute Gasteiger partial charge is 0.481 e. The van der Waals surface area contributed by atoms with E-state index in [0.717, 1.165) is 6.42 Å². The molecule has 13 heavy (non-hydrogen) atoms. The number of carbonyl (C=O) groups is 1. The summed E-state index contributed by atoms with van der Waals surface area (Å²) in [5.41, 5.74) is 0. The van der Waals surface area contributed by atoms with Crippen LogP contribution in [0.2, 0.25) is 0 Å². The Labute approximate surface area is 74.8 Å². The molecule has 0 aliphatic heterocycles. The molecule has 1 heterocycles. The Morgan fingerprint density at radius 1 is 1.77 bits per heavy atom.